The lowest BCUT2D eigenvalue weighted by atomic mass is 9.67. The third kappa shape index (κ3) is 5.46. The third-order valence-corrected chi connectivity index (χ3v) is 13.9. The average molecular weight is 815 g/mol. The second kappa shape index (κ2) is 14.4. The summed E-state index contributed by atoms with van der Waals surface area (Å²) in [6.07, 6.45) is 0.930. The second-order valence-electron chi connectivity index (χ2n) is 17.2. The van der Waals surface area contributed by atoms with Crippen LogP contribution in [0.25, 0.3) is 60.9 Å². The van der Waals surface area contributed by atoms with Gasteiger partial charge in [0.05, 0.1) is 16.4 Å². The molecule has 2 nitrogen and oxygen atoms in total. The number of hydrogen-bond acceptors (Lipinski definition) is 1. The van der Waals surface area contributed by atoms with Gasteiger partial charge in [-0.15, -0.1) is 0 Å². The fraction of sp³-hybridized carbons (Fsp3) is 0.0323. The lowest BCUT2D eigenvalue weighted by Crippen LogP contribution is -2.28. The summed E-state index contributed by atoms with van der Waals surface area (Å²) in [6, 6.07) is 89.8. The van der Waals surface area contributed by atoms with Crippen molar-refractivity contribution in [1.29, 1.82) is 0 Å². The molecule has 0 atom stereocenters. The van der Waals surface area contributed by atoms with Gasteiger partial charge in [0.2, 0.25) is 0 Å². The van der Waals surface area contributed by atoms with E-state index in [1.807, 2.05) is 0 Å². The fourth-order valence-corrected chi connectivity index (χ4v) is 11.1. The van der Waals surface area contributed by atoms with Crippen molar-refractivity contribution in [2.24, 2.45) is 0 Å². The van der Waals surface area contributed by atoms with Crippen molar-refractivity contribution in [3.05, 3.63) is 276 Å². The number of anilines is 3. The molecule has 0 spiro atoms. The van der Waals surface area contributed by atoms with Crippen molar-refractivity contribution in [3.8, 4) is 39.1 Å². The Labute approximate surface area is 373 Å². The van der Waals surface area contributed by atoms with Crippen LogP contribution in [0.15, 0.2) is 243 Å². The fourth-order valence-electron chi connectivity index (χ4n) is 11.1. The van der Waals surface area contributed by atoms with E-state index in [0.717, 1.165) is 23.5 Å². The Bertz CT molecular complexity index is 3530. The first-order valence-corrected chi connectivity index (χ1v) is 22.3. The van der Waals surface area contributed by atoms with Crippen LogP contribution in [0, 0.1) is 0 Å². The quantitative estimate of drug-likeness (QED) is 0.156. The first-order chi connectivity index (χ1) is 31.7. The standard InChI is InChI=1S/C62H42N2/c1-4-17-46(18-5-1)62(47-19-6-2-7-20-47)58-26-14-12-24-54(58)55-36-34-51(41-59(55)62)63(50-33-35-53-45(39-50)38-44-16-10-11-23-52(44)53)49-31-28-42(29-32-49)43-30-37-61-57(40-43)56-25-13-15-27-60(56)64(61)48-21-8-3-9-22-48/h1-37,39-41H,38H2. The van der Waals surface area contributed by atoms with Crippen molar-refractivity contribution < 1.29 is 0 Å². The molecule has 1 heterocycles. The Morgan fingerprint density at radius 1 is 0.344 bits per heavy atom. The second-order valence-corrected chi connectivity index (χ2v) is 17.2. The van der Waals surface area contributed by atoms with E-state index in [9.17, 15) is 0 Å². The smallest absolute Gasteiger partial charge is 0.0714 e. The van der Waals surface area contributed by atoms with Crippen LogP contribution in [0.3, 0.4) is 0 Å². The number of benzene rings is 10. The molecule has 0 N–H and O–H groups in total. The number of nitrogens with zero attached hydrogens (tertiary/aromatic N) is 2. The molecule has 64 heavy (non-hydrogen) atoms. The van der Waals surface area contributed by atoms with Crippen LogP contribution in [-0.2, 0) is 11.8 Å². The zero-order valence-corrected chi connectivity index (χ0v) is 35.2. The monoisotopic (exact) mass is 814 g/mol. The number of aromatic nitrogens is 1. The van der Waals surface area contributed by atoms with E-state index < -0.39 is 5.41 Å². The lowest BCUT2D eigenvalue weighted by molar-refractivity contribution is 0.768. The van der Waals surface area contributed by atoms with Crippen LogP contribution in [0.1, 0.15) is 33.4 Å². The Hall–Kier alpha value is -8.20. The molecule has 0 unspecified atom stereocenters. The molecule has 13 rings (SSSR count). The van der Waals surface area contributed by atoms with Crippen molar-refractivity contribution in [3.63, 3.8) is 0 Å². The molecule has 300 valence electrons. The number of hydrogen-bond donors (Lipinski definition) is 0. The maximum absolute atomic E-state index is 2.47. The van der Waals surface area contributed by atoms with Gasteiger partial charge in [0.15, 0.2) is 0 Å². The van der Waals surface area contributed by atoms with Gasteiger partial charge in [-0.25, -0.2) is 0 Å². The molecular weight excluding hydrogens is 773 g/mol. The van der Waals surface area contributed by atoms with Crippen LogP contribution >= 0.6 is 0 Å². The summed E-state index contributed by atoms with van der Waals surface area (Å²) in [5, 5.41) is 2.51. The molecule has 0 saturated carbocycles. The molecule has 0 bridgehead atoms. The highest BCUT2D eigenvalue weighted by molar-refractivity contribution is 6.10. The van der Waals surface area contributed by atoms with Crippen LogP contribution in [0.5, 0.6) is 0 Å². The predicted molar refractivity (Wildman–Crippen MR) is 266 cm³/mol. The van der Waals surface area contributed by atoms with Gasteiger partial charge in [0, 0.05) is 33.5 Å². The Morgan fingerprint density at radius 3 is 1.66 bits per heavy atom. The van der Waals surface area contributed by atoms with Crippen LogP contribution in [-0.4, -0.2) is 4.57 Å². The molecule has 11 aromatic rings. The minimum absolute atomic E-state index is 0.498. The molecule has 2 heteroatoms. The third-order valence-electron chi connectivity index (χ3n) is 13.9. The van der Waals surface area contributed by atoms with Gasteiger partial charge in [-0.2, -0.15) is 0 Å². The Kier molecular flexibility index (Phi) is 8.23. The highest BCUT2D eigenvalue weighted by Crippen LogP contribution is 2.57. The van der Waals surface area contributed by atoms with E-state index in [-0.39, 0.29) is 0 Å². The van der Waals surface area contributed by atoms with Crippen molar-refractivity contribution in [1.82, 2.24) is 4.57 Å². The van der Waals surface area contributed by atoms with Gasteiger partial charge in [-0.3, -0.25) is 0 Å². The molecule has 2 aliphatic rings. The zero-order chi connectivity index (χ0) is 42.2. The molecule has 0 aliphatic heterocycles. The molecule has 0 radical (unpaired) electrons. The average Bonchev–Trinajstić information content (AvgIpc) is 4.01. The summed E-state index contributed by atoms with van der Waals surface area (Å²) in [7, 11) is 0. The minimum Gasteiger partial charge on any atom is -0.310 e. The Morgan fingerprint density at radius 2 is 0.891 bits per heavy atom. The van der Waals surface area contributed by atoms with E-state index in [1.165, 1.54) is 94.3 Å². The highest BCUT2D eigenvalue weighted by atomic mass is 15.1. The zero-order valence-electron chi connectivity index (χ0n) is 35.2. The summed E-state index contributed by atoms with van der Waals surface area (Å²) in [5.41, 5.74) is 22.0. The maximum atomic E-state index is 2.47. The largest absolute Gasteiger partial charge is 0.310 e. The summed E-state index contributed by atoms with van der Waals surface area (Å²) < 4.78 is 2.38. The van der Waals surface area contributed by atoms with Gasteiger partial charge in [-0.05, 0) is 140 Å². The number of rotatable bonds is 7. The summed E-state index contributed by atoms with van der Waals surface area (Å²) in [4.78, 5) is 2.47. The highest BCUT2D eigenvalue weighted by Gasteiger charge is 2.46. The SMILES string of the molecule is c1ccc(-n2c3ccccc3c3cc(-c4ccc(N(c5ccc6c(c5)Cc5ccccc5-6)c5ccc6c(c5)C(c5ccccc5)(c5ccccc5)c5ccccc5-6)cc4)ccc32)cc1. The minimum atomic E-state index is -0.498. The molecule has 10 aromatic carbocycles. The molecule has 2 aliphatic carbocycles. The summed E-state index contributed by atoms with van der Waals surface area (Å²) in [6.45, 7) is 0. The molecule has 0 fully saturated rings. The van der Waals surface area contributed by atoms with Crippen LogP contribution < -0.4 is 4.90 Å². The van der Waals surface area contributed by atoms with Crippen molar-refractivity contribution in [2.75, 3.05) is 4.90 Å². The maximum Gasteiger partial charge on any atom is 0.0714 e. The Balaban J connectivity index is 0.979. The van der Waals surface area contributed by atoms with Gasteiger partial charge in [0.25, 0.3) is 0 Å². The molecule has 0 amide bonds. The van der Waals surface area contributed by atoms with Gasteiger partial charge >= 0.3 is 0 Å². The molecular formula is C62H42N2. The lowest BCUT2D eigenvalue weighted by Gasteiger charge is -2.35. The van der Waals surface area contributed by atoms with Crippen LogP contribution in [0.4, 0.5) is 17.1 Å². The number of fused-ring (bicyclic) bond motifs is 9. The number of para-hydroxylation sites is 2. The predicted octanol–water partition coefficient (Wildman–Crippen LogP) is 15.9. The van der Waals surface area contributed by atoms with Gasteiger partial charge in [0.1, 0.15) is 0 Å². The first-order valence-electron chi connectivity index (χ1n) is 22.3. The molecule has 1 aromatic heterocycles. The normalized spacial score (nSPS) is 13.1. The molecule has 0 saturated heterocycles. The summed E-state index contributed by atoms with van der Waals surface area (Å²) >= 11 is 0. The van der Waals surface area contributed by atoms with E-state index in [4.69, 9.17) is 0 Å². The van der Waals surface area contributed by atoms with Crippen molar-refractivity contribution in [2.45, 2.75) is 11.8 Å². The van der Waals surface area contributed by atoms with E-state index >= 15 is 0 Å². The van der Waals surface area contributed by atoms with E-state index in [1.54, 1.807) is 0 Å². The van der Waals surface area contributed by atoms with E-state index in [2.05, 4.69) is 252 Å². The van der Waals surface area contributed by atoms with E-state index in [0.29, 0.717) is 0 Å². The topological polar surface area (TPSA) is 8.17 Å². The van der Waals surface area contributed by atoms with Crippen molar-refractivity contribution >= 4 is 38.9 Å². The van der Waals surface area contributed by atoms with Crippen LogP contribution in [0.2, 0.25) is 0 Å². The van der Waals surface area contributed by atoms with Gasteiger partial charge < -0.3 is 9.47 Å². The van der Waals surface area contributed by atoms with Gasteiger partial charge in [-0.1, -0.05) is 176 Å². The summed E-state index contributed by atoms with van der Waals surface area (Å²) in [5.74, 6) is 0. The first kappa shape index (κ1) is 36.5.